The van der Waals surface area contributed by atoms with E-state index in [1.807, 2.05) is 0 Å². The van der Waals surface area contributed by atoms with Crippen LogP contribution in [0.5, 0.6) is 0 Å². The Morgan fingerprint density at radius 3 is 2.68 bits per heavy atom. The number of hydrogen-bond donors (Lipinski definition) is 2. The van der Waals surface area contributed by atoms with Crippen LogP contribution < -0.4 is 10.9 Å². The summed E-state index contributed by atoms with van der Waals surface area (Å²) in [5.74, 6) is -1.31. The molecule has 0 spiro atoms. The van der Waals surface area contributed by atoms with Crippen molar-refractivity contribution in [2.24, 2.45) is 11.3 Å². The van der Waals surface area contributed by atoms with Crippen molar-refractivity contribution < 1.29 is 23.5 Å². The van der Waals surface area contributed by atoms with Gasteiger partial charge in [-0.25, -0.2) is 14.6 Å². The summed E-state index contributed by atoms with van der Waals surface area (Å²) in [6, 6.07) is 5.29. The number of carbonyl (C=O) groups is 2. The number of nitrogens with zero attached hydrogens (tertiary/aromatic N) is 1. The zero-order valence-corrected chi connectivity index (χ0v) is 18.8. The number of esters is 1. The van der Waals surface area contributed by atoms with Crippen molar-refractivity contribution in [2.75, 3.05) is 20.3 Å². The molecule has 1 amide bonds. The fourth-order valence-electron chi connectivity index (χ4n) is 4.59. The molecule has 1 saturated heterocycles. The number of halogens is 1. The molecular formula is C23H32FN3O4. The highest BCUT2D eigenvalue weighted by Gasteiger charge is 2.50. The lowest BCUT2D eigenvalue weighted by atomic mass is 9.70. The first kappa shape index (κ1) is 23.4. The molecule has 0 aromatic heterocycles. The van der Waals surface area contributed by atoms with Gasteiger partial charge in [0.2, 0.25) is 0 Å². The fourth-order valence-corrected chi connectivity index (χ4v) is 4.59. The van der Waals surface area contributed by atoms with Crippen molar-refractivity contribution in [3.8, 4) is 0 Å². The fraction of sp³-hybridized carbons (Fsp3) is 0.565. The molecule has 1 aromatic carbocycles. The molecule has 3 unspecified atom stereocenters. The average Bonchev–Trinajstić information content (AvgIpc) is 3.07. The minimum Gasteiger partial charge on any atom is -0.460 e. The molecule has 2 heterocycles. The highest BCUT2D eigenvalue weighted by atomic mass is 19.1. The third kappa shape index (κ3) is 5.14. The third-order valence-corrected chi connectivity index (χ3v) is 5.87. The van der Waals surface area contributed by atoms with E-state index in [0.29, 0.717) is 18.7 Å². The zero-order chi connectivity index (χ0) is 22.8. The second-order valence-corrected chi connectivity index (χ2v) is 9.15. The van der Waals surface area contributed by atoms with Gasteiger partial charge in [0.25, 0.3) is 5.91 Å². The maximum absolute atomic E-state index is 13.7. The summed E-state index contributed by atoms with van der Waals surface area (Å²) < 4.78 is 24.5. The number of methoxy groups -OCH3 is 1. The van der Waals surface area contributed by atoms with Gasteiger partial charge in [-0.1, -0.05) is 19.9 Å². The Labute approximate surface area is 182 Å². The van der Waals surface area contributed by atoms with E-state index in [1.165, 1.54) is 23.1 Å². The van der Waals surface area contributed by atoms with Crippen molar-refractivity contribution in [2.45, 2.75) is 52.3 Å². The Kier molecular flexibility index (Phi) is 7.13. The molecule has 0 radical (unpaired) electrons. The molecule has 1 fully saturated rings. The lowest BCUT2D eigenvalue weighted by Crippen LogP contribution is -2.45. The topological polar surface area (TPSA) is 79.9 Å². The molecule has 0 bridgehead atoms. The minimum atomic E-state index is -0.481. The lowest BCUT2D eigenvalue weighted by Gasteiger charge is -2.38. The number of ether oxygens (including phenoxy) is 2. The molecule has 3 rings (SSSR count). The van der Waals surface area contributed by atoms with Crippen molar-refractivity contribution in [1.29, 1.82) is 0 Å². The Balaban J connectivity index is 2.01. The van der Waals surface area contributed by atoms with Crippen LogP contribution >= 0.6 is 0 Å². The van der Waals surface area contributed by atoms with Crippen LogP contribution in [-0.4, -0.2) is 55.2 Å². The maximum atomic E-state index is 13.7. The molecule has 3 atom stereocenters. The van der Waals surface area contributed by atoms with E-state index < -0.39 is 11.8 Å². The van der Waals surface area contributed by atoms with Gasteiger partial charge in [0.1, 0.15) is 5.82 Å². The van der Waals surface area contributed by atoms with E-state index in [-0.39, 0.29) is 41.0 Å². The van der Waals surface area contributed by atoms with Gasteiger partial charge >= 0.3 is 5.97 Å². The molecule has 8 heteroatoms. The number of nitrogens with one attached hydrogen (secondary N) is 2. The number of amides is 1. The molecule has 2 aliphatic heterocycles. The second kappa shape index (κ2) is 9.46. The lowest BCUT2D eigenvalue weighted by molar-refractivity contribution is -0.143. The molecule has 1 aromatic rings. The Hall–Kier alpha value is -2.29. The summed E-state index contributed by atoms with van der Waals surface area (Å²) in [4.78, 5) is 27.8. The van der Waals surface area contributed by atoms with Crippen LogP contribution in [0.1, 0.15) is 44.5 Å². The smallest absolute Gasteiger partial charge is 0.337 e. The highest BCUT2D eigenvalue weighted by molar-refractivity contribution is 5.97. The quantitative estimate of drug-likeness (QED) is 0.672. The van der Waals surface area contributed by atoms with Crippen LogP contribution in [0.15, 0.2) is 36.0 Å². The predicted octanol–water partition coefficient (Wildman–Crippen LogP) is 2.64. The summed E-state index contributed by atoms with van der Waals surface area (Å²) in [5.41, 5.74) is 6.81. The zero-order valence-electron chi connectivity index (χ0n) is 18.8. The Bertz CT molecular complexity index is 855. The number of benzene rings is 1. The summed E-state index contributed by atoms with van der Waals surface area (Å²) in [6.45, 7) is 8.67. The van der Waals surface area contributed by atoms with E-state index in [4.69, 9.17) is 9.47 Å². The standard InChI is InChI=1S/C23H32FN3O4/c1-14(2)31-22(29)17-12-27(21(28)15-7-6-8-16(24)11-15)13-23(3,4)19-18(9-10-30-5)25-26-20(17)19/h6-8,11-12,14,18-20,25-26H,9-10,13H2,1-5H3. The molecule has 0 aliphatic carbocycles. The van der Waals surface area contributed by atoms with Gasteiger partial charge in [-0.3, -0.25) is 10.2 Å². The minimum absolute atomic E-state index is 0.000998. The Morgan fingerprint density at radius 2 is 2.03 bits per heavy atom. The molecule has 7 nitrogen and oxygen atoms in total. The van der Waals surface area contributed by atoms with Crippen LogP contribution in [0.3, 0.4) is 0 Å². The molecule has 170 valence electrons. The summed E-state index contributed by atoms with van der Waals surface area (Å²) in [5, 5.41) is 0. The largest absolute Gasteiger partial charge is 0.460 e. The monoisotopic (exact) mass is 433 g/mol. The average molecular weight is 434 g/mol. The van der Waals surface area contributed by atoms with Crippen LogP contribution in [0, 0.1) is 17.2 Å². The summed E-state index contributed by atoms with van der Waals surface area (Å²) in [7, 11) is 1.66. The second-order valence-electron chi connectivity index (χ2n) is 9.15. The van der Waals surface area contributed by atoms with E-state index in [0.717, 1.165) is 6.42 Å². The summed E-state index contributed by atoms with van der Waals surface area (Å²) in [6.07, 6.45) is 2.02. The van der Waals surface area contributed by atoms with Crippen LogP contribution in [0.25, 0.3) is 0 Å². The molecule has 0 saturated carbocycles. The van der Waals surface area contributed by atoms with Crippen LogP contribution in [-0.2, 0) is 14.3 Å². The van der Waals surface area contributed by atoms with E-state index >= 15 is 0 Å². The SMILES string of the molecule is COCCC1NNC2C(C(=O)OC(C)C)=CN(C(=O)c3cccc(F)c3)CC(C)(C)C12. The number of carbonyl (C=O) groups excluding carboxylic acids is 2. The first-order chi connectivity index (χ1) is 14.6. The van der Waals surface area contributed by atoms with Crippen molar-refractivity contribution in [1.82, 2.24) is 15.8 Å². The van der Waals surface area contributed by atoms with Crippen molar-refractivity contribution in [3.63, 3.8) is 0 Å². The Morgan fingerprint density at radius 1 is 1.29 bits per heavy atom. The predicted molar refractivity (Wildman–Crippen MR) is 114 cm³/mol. The van der Waals surface area contributed by atoms with Crippen molar-refractivity contribution in [3.05, 3.63) is 47.4 Å². The van der Waals surface area contributed by atoms with Crippen LogP contribution in [0.2, 0.25) is 0 Å². The maximum Gasteiger partial charge on any atom is 0.337 e. The molecular weight excluding hydrogens is 401 g/mol. The van der Waals surface area contributed by atoms with Gasteiger partial charge in [0.05, 0.1) is 17.7 Å². The molecule has 2 aliphatic rings. The first-order valence-corrected chi connectivity index (χ1v) is 10.6. The van der Waals surface area contributed by atoms with Gasteiger partial charge in [0.15, 0.2) is 0 Å². The third-order valence-electron chi connectivity index (χ3n) is 5.87. The number of hydrazine groups is 1. The van der Waals surface area contributed by atoms with Gasteiger partial charge in [-0.2, -0.15) is 0 Å². The van der Waals surface area contributed by atoms with Crippen molar-refractivity contribution >= 4 is 11.9 Å². The van der Waals surface area contributed by atoms with Gasteiger partial charge in [-0.05, 0) is 43.9 Å². The number of rotatable bonds is 6. The van der Waals surface area contributed by atoms with Gasteiger partial charge < -0.3 is 14.4 Å². The molecule has 2 N–H and O–H groups in total. The van der Waals surface area contributed by atoms with E-state index in [2.05, 4.69) is 24.7 Å². The molecule has 31 heavy (non-hydrogen) atoms. The van der Waals surface area contributed by atoms with Crippen LogP contribution in [0.4, 0.5) is 4.39 Å². The van der Waals surface area contributed by atoms with E-state index in [1.54, 1.807) is 33.2 Å². The number of fused-ring (bicyclic) bond motifs is 1. The normalized spacial score (nSPS) is 25.1. The first-order valence-electron chi connectivity index (χ1n) is 10.6. The number of hydrogen-bond acceptors (Lipinski definition) is 6. The summed E-state index contributed by atoms with van der Waals surface area (Å²) >= 11 is 0. The van der Waals surface area contributed by atoms with Gasteiger partial charge in [-0.15, -0.1) is 0 Å². The highest BCUT2D eigenvalue weighted by Crippen LogP contribution is 2.42. The van der Waals surface area contributed by atoms with Gasteiger partial charge in [0, 0.05) is 44.0 Å². The van der Waals surface area contributed by atoms with E-state index in [9.17, 15) is 14.0 Å².